The summed E-state index contributed by atoms with van der Waals surface area (Å²) in [7, 11) is 0. The summed E-state index contributed by atoms with van der Waals surface area (Å²) in [6.45, 7) is 0. The van der Waals surface area contributed by atoms with Gasteiger partial charge in [0, 0.05) is 24.4 Å². The summed E-state index contributed by atoms with van der Waals surface area (Å²) in [4.78, 5) is 15.7. The van der Waals surface area contributed by atoms with Gasteiger partial charge in [-0.1, -0.05) is 6.07 Å². The van der Waals surface area contributed by atoms with E-state index < -0.39 is 0 Å². The summed E-state index contributed by atoms with van der Waals surface area (Å²) in [5, 5.41) is 0. The fourth-order valence-corrected chi connectivity index (χ4v) is 1.43. The van der Waals surface area contributed by atoms with Crippen LogP contribution in [0.4, 0.5) is 4.39 Å². The van der Waals surface area contributed by atoms with Crippen molar-refractivity contribution in [1.82, 2.24) is 4.98 Å². The maximum atomic E-state index is 12.7. The predicted molar refractivity (Wildman–Crippen MR) is 58.7 cm³/mol. The molecule has 16 heavy (non-hydrogen) atoms. The lowest BCUT2D eigenvalue weighted by molar-refractivity contribution is 0.0993. The molecule has 80 valence electrons. The van der Waals surface area contributed by atoms with Crippen LogP contribution in [0.2, 0.25) is 0 Å². The topological polar surface area (TPSA) is 30.0 Å². The molecule has 2 nitrogen and oxygen atoms in total. The smallest absolute Gasteiger partial charge is 0.167 e. The zero-order valence-corrected chi connectivity index (χ0v) is 8.56. The van der Waals surface area contributed by atoms with Crippen LogP contribution in [-0.4, -0.2) is 10.8 Å². The van der Waals surface area contributed by atoms with Crippen LogP contribution >= 0.6 is 0 Å². The first kappa shape index (κ1) is 10.5. The highest BCUT2D eigenvalue weighted by molar-refractivity contribution is 5.97. The number of pyridine rings is 1. The number of nitrogens with zero attached hydrogens (tertiary/aromatic N) is 1. The summed E-state index contributed by atoms with van der Waals surface area (Å²) in [5.41, 5.74) is 1.38. The molecule has 1 aromatic carbocycles. The molecule has 0 spiro atoms. The number of hydrogen-bond donors (Lipinski definition) is 0. The number of Topliss-reactive ketones (excluding diaryl/α,β-unsaturated/α-hetero) is 1. The lowest BCUT2D eigenvalue weighted by atomic mass is 10.0. The van der Waals surface area contributed by atoms with Gasteiger partial charge in [-0.05, 0) is 35.9 Å². The largest absolute Gasteiger partial charge is 0.294 e. The van der Waals surface area contributed by atoms with E-state index in [9.17, 15) is 9.18 Å². The van der Waals surface area contributed by atoms with Crippen LogP contribution in [0, 0.1) is 5.82 Å². The second-order valence-electron chi connectivity index (χ2n) is 3.47. The third-order valence-corrected chi connectivity index (χ3v) is 2.25. The Hall–Kier alpha value is -2.03. The number of rotatable bonds is 3. The Bertz CT molecular complexity index is 479. The maximum Gasteiger partial charge on any atom is 0.167 e. The Kier molecular flexibility index (Phi) is 3.05. The Labute approximate surface area is 92.8 Å². The molecule has 0 aliphatic rings. The van der Waals surface area contributed by atoms with Gasteiger partial charge in [0.15, 0.2) is 5.78 Å². The molecule has 0 amide bonds. The fraction of sp³-hybridized carbons (Fsp3) is 0.0769. The number of halogens is 1. The van der Waals surface area contributed by atoms with Crippen LogP contribution in [0.3, 0.4) is 0 Å². The van der Waals surface area contributed by atoms with Crippen molar-refractivity contribution < 1.29 is 9.18 Å². The van der Waals surface area contributed by atoms with Gasteiger partial charge in [0.2, 0.25) is 0 Å². The van der Waals surface area contributed by atoms with Gasteiger partial charge in [-0.25, -0.2) is 4.39 Å². The van der Waals surface area contributed by atoms with Crippen LogP contribution < -0.4 is 0 Å². The molecule has 0 saturated heterocycles. The molecule has 2 aromatic rings. The second kappa shape index (κ2) is 4.66. The van der Waals surface area contributed by atoms with Crippen molar-refractivity contribution in [3.63, 3.8) is 0 Å². The van der Waals surface area contributed by atoms with E-state index in [1.165, 1.54) is 24.3 Å². The second-order valence-corrected chi connectivity index (χ2v) is 3.47. The summed E-state index contributed by atoms with van der Waals surface area (Å²) in [5.74, 6) is -0.370. The number of aromatic nitrogens is 1. The zero-order valence-electron chi connectivity index (χ0n) is 8.56. The molecular weight excluding hydrogens is 205 g/mol. The van der Waals surface area contributed by atoms with Crippen LogP contribution in [-0.2, 0) is 6.42 Å². The highest BCUT2D eigenvalue weighted by atomic mass is 19.1. The van der Waals surface area contributed by atoms with Gasteiger partial charge in [-0.3, -0.25) is 9.78 Å². The molecule has 0 saturated carbocycles. The van der Waals surface area contributed by atoms with Crippen LogP contribution in [0.25, 0.3) is 0 Å². The van der Waals surface area contributed by atoms with E-state index in [1.54, 1.807) is 18.5 Å². The van der Waals surface area contributed by atoms with Gasteiger partial charge in [0.1, 0.15) is 5.82 Å². The number of carbonyl (C=O) groups is 1. The minimum Gasteiger partial charge on any atom is -0.294 e. The van der Waals surface area contributed by atoms with E-state index in [-0.39, 0.29) is 11.6 Å². The molecule has 0 bridgehead atoms. The van der Waals surface area contributed by atoms with Crippen LogP contribution in [0.15, 0.2) is 48.8 Å². The van der Waals surface area contributed by atoms with Gasteiger partial charge < -0.3 is 0 Å². The molecule has 3 heteroatoms. The van der Waals surface area contributed by atoms with Crippen molar-refractivity contribution >= 4 is 5.78 Å². The number of carbonyl (C=O) groups excluding carboxylic acids is 1. The monoisotopic (exact) mass is 215 g/mol. The van der Waals surface area contributed by atoms with E-state index in [0.29, 0.717) is 12.0 Å². The SMILES string of the molecule is O=C(Cc1cccnc1)c1ccc(F)cc1. The standard InChI is InChI=1S/C13H10FNO/c14-12-5-3-11(4-6-12)13(16)8-10-2-1-7-15-9-10/h1-7,9H,8H2. The summed E-state index contributed by atoms with van der Waals surface area (Å²) >= 11 is 0. The van der Waals surface area contributed by atoms with Crippen molar-refractivity contribution in [3.05, 3.63) is 65.7 Å². The predicted octanol–water partition coefficient (Wildman–Crippen LogP) is 2.65. The number of hydrogen-bond acceptors (Lipinski definition) is 2. The molecule has 2 rings (SSSR count). The van der Waals surface area contributed by atoms with Crippen molar-refractivity contribution in [2.75, 3.05) is 0 Å². The lowest BCUT2D eigenvalue weighted by Gasteiger charge is -2.00. The number of benzene rings is 1. The highest BCUT2D eigenvalue weighted by Crippen LogP contribution is 2.07. The molecule has 0 fully saturated rings. The average molecular weight is 215 g/mol. The summed E-state index contributed by atoms with van der Waals surface area (Å²) in [6, 6.07) is 9.19. The Morgan fingerprint density at radius 2 is 1.94 bits per heavy atom. The molecule has 0 aliphatic heterocycles. The van der Waals surface area contributed by atoms with E-state index in [4.69, 9.17) is 0 Å². The van der Waals surface area contributed by atoms with Crippen molar-refractivity contribution in [3.8, 4) is 0 Å². The molecule has 0 aliphatic carbocycles. The minimum absolute atomic E-state index is 0.0343. The van der Waals surface area contributed by atoms with Gasteiger partial charge in [0.25, 0.3) is 0 Å². The van der Waals surface area contributed by atoms with E-state index >= 15 is 0 Å². The van der Waals surface area contributed by atoms with Crippen molar-refractivity contribution in [2.24, 2.45) is 0 Å². The van der Waals surface area contributed by atoms with Crippen LogP contribution in [0.5, 0.6) is 0 Å². The zero-order chi connectivity index (χ0) is 11.4. The van der Waals surface area contributed by atoms with Gasteiger partial charge in [-0.2, -0.15) is 0 Å². The third-order valence-electron chi connectivity index (χ3n) is 2.25. The molecule has 0 N–H and O–H groups in total. The minimum atomic E-state index is -0.335. The lowest BCUT2D eigenvalue weighted by Crippen LogP contribution is -2.03. The summed E-state index contributed by atoms with van der Waals surface area (Å²) < 4.78 is 12.7. The molecular formula is C13H10FNO. The molecule has 0 radical (unpaired) electrons. The highest BCUT2D eigenvalue weighted by Gasteiger charge is 2.06. The molecule has 1 heterocycles. The normalized spacial score (nSPS) is 10.1. The van der Waals surface area contributed by atoms with Crippen molar-refractivity contribution in [2.45, 2.75) is 6.42 Å². The van der Waals surface area contributed by atoms with Gasteiger partial charge in [0.05, 0.1) is 0 Å². The third kappa shape index (κ3) is 2.51. The first-order valence-electron chi connectivity index (χ1n) is 4.93. The first-order valence-corrected chi connectivity index (χ1v) is 4.93. The summed E-state index contributed by atoms with van der Waals surface area (Å²) in [6.07, 6.45) is 3.60. The average Bonchev–Trinajstić information content (AvgIpc) is 2.31. The molecule has 0 atom stereocenters. The Balaban J connectivity index is 2.12. The quantitative estimate of drug-likeness (QED) is 0.737. The number of ketones is 1. The van der Waals surface area contributed by atoms with E-state index in [2.05, 4.69) is 4.98 Å². The van der Waals surface area contributed by atoms with Crippen LogP contribution in [0.1, 0.15) is 15.9 Å². The van der Waals surface area contributed by atoms with E-state index in [1.807, 2.05) is 6.07 Å². The van der Waals surface area contributed by atoms with Gasteiger partial charge >= 0.3 is 0 Å². The Morgan fingerprint density at radius 3 is 2.56 bits per heavy atom. The molecule has 1 aromatic heterocycles. The Morgan fingerprint density at radius 1 is 1.19 bits per heavy atom. The maximum absolute atomic E-state index is 12.7. The first-order chi connectivity index (χ1) is 7.75. The van der Waals surface area contributed by atoms with Gasteiger partial charge in [-0.15, -0.1) is 0 Å². The van der Waals surface area contributed by atoms with Crippen molar-refractivity contribution in [1.29, 1.82) is 0 Å². The fourth-order valence-electron chi connectivity index (χ4n) is 1.43. The van der Waals surface area contributed by atoms with E-state index in [0.717, 1.165) is 5.56 Å². The molecule has 0 unspecified atom stereocenters.